The van der Waals surface area contributed by atoms with Gasteiger partial charge < -0.3 is 15.3 Å². The number of para-hydroxylation sites is 1. The van der Waals surface area contributed by atoms with Gasteiger partial charge in [0.15, 0.2) is 0 Å². The molecule has 2 heterocycles. The Labute approximate surface area is 100 Å². The Bertz CT molecular complexity index is 447. The SMILES string of the molecule is O=C(c1ccccc1O)N1CC[C@@H]2CNC[C@@H]21. The van der Waals surface area contributed by atoms with Crippen molar-refractivity contribution in [3.05, 3.63) is 29.8 Å². The van der Waals surface area contributed by atoms with E-state index in [0.29, 0.717) is 17.5 Å². The number of likely N-dealkylation sites (tertiary alicyclic amines) is 1. The fraction of sp³-hybridized carbons (Fsp3) is 0.462. The van der Waals surface area contributed by atoms with Crippen molar-refractivity contribution in [3.8, 4) is 5.75 Å². The fourth-order valence-corrected chi connectivity index (χ4v) is 2.91. The minimum atomic E-state index is -0.0423. The van der Waals surface area contributed by atoms with E-state index in [1.165, 1.54) is 0 Å². The first-order chi connectivity index (χ1) is 8.27. The summed E-state index contributed by atoms with van der Waals surface area (Å²) in [6, 6.07) is 7.08. The highest BCUT2D eigenvalue weighted by atomic mass is 16.3. The summed E-state index contributed by atoms with van der Waals surface area (Å²) in [5.41, 5.74) is 0.417. The molecule has 1 aromatic rings. The lowest BCUT2D eigenvalue weighted by Crippen LogP contribution is -2.39. The zero-order valence-corrected chi connectivity index (χ0v) is 9.60. The van der Waals surface area contributed by atoms with Gasteiger partial charge in [0.2, 0.25) is 0 Å². The normalized spacial score (nSPS) is 27.2. The van der Waals surface area contributed by atoms with Crippen LogP contribution in [0.1, 0.15) is 16.8 Å². The standard InChI is InChI=1S/C13H16N2O2/c16-12-4-2-1-3-10(12)13(17)15-6-5-9-7-14-8-11(9)15/h1-4,9,11,14,16H,5-8H2/t9-,11+/m1/s1. The summed E-state index contributed by atoms with van der Waals surface area (Å²) in [6.07, 6.45) is 1.07. The van der Waals surface area contributed by atoms with Crippen LogP contribution in [0.15, 0.2) is 24.3 Å². The first-order valence-electron chi connectivity index (χ1n) is 6.07. The maximum Gasteiger partial charge on any atom is 0.257 e. The van der Waals surface area contributed by atoms with Gasteiger partial charge in [-0.1, -0.05) is 12.1 Å². The molecule has 0 bridgehead atoms. The number of rotatable bonds is 1. The number of nitrogens with zero attached hydrogens (tertiary/aromatic N) is 1. The second kappa shape index (κ2) is 4.04. The number of hydrogen-bond acceptors (Lipinski definition) is 3. The van der Waals surface area contributed by atoms with Crippen molar-refractivity contribution < 1.29 is 9.90 Å². The van der Waals surface area contributed by atoms with E-state index in [9.17, 15) is 9.90 Å². The van der Waals surface area contributed by atoms with Crippen molar-refractivity contribution in [3.63, 3.8) is 0 Å². The van der Waals surface area contributed by atoms with E-state index >= 15 is 0 Å². The van der Waals surface area contributed by atoms with Gasteiger partial charge in [0.1, 0.15) is 5.75 Å². The van der Waals surface area contributed by atoms with Gasteiger partial charge in [-0.05, 0) is 24.5 Å². The van der Waals surface area contributed by atoms with Gasteiger partial charge in [0.05, 0.1) is 5.56 Å². The zero-order chi connectivity index (χ0) is 11.8. The van der Waals surface area contributed by atoms with Crippen molar-refractivity contribution in [2.24, 2.45) is 5.92 Å². The highest BCUT2D eigenvalue weighted by Crippen LogP contribution is 2.30. The molecule has 2 aliphatic rings. The second-order valence-corrected chi connectivity index (χ2v) is 4.79. The number of fused-ring (bicyclic) bond motifs is 1. The van der Waals surface area contributed by atoms with Crippen LogP contribution in [0.2, 0.25) is 0 Å². The number of benzene rings is 1. The third-order valence-electron chi connectivity index (χ3n) is 3.84. The van der Waals surface area contributed by atoms with Crippen LogP contribution >= 0.6 is 0 Å². The first kappa shape index (κ1) is 10.6. The Kier molecular flexibility index (Phi) is 2.52. The molecule has 0 radical (unpaired) electrons. The highest BCUT2D eigenvalue weighted by Gasteiger charge is 2.40. The summed E-state index contributed by atoms with van der Waals surface area (Å²) in [5, 5.41) is 13.0. The Morgan fingerprint density at radius 3 is 3.00 bits per heavy atom. The third kappa shape index (κ3) is 1.69. The topological polar surface area (TPSA) is 52.6 Å². The molecular weight excluding hydrogens is 216 g/mol. The fourth-order valence-electron chi connectivity index (χ4n) is 2.91. The van der Waals surface area contributed by atoms with Gasteiger partial charge in [-0.2, -0.15) is 0 Å². The van der Waals surface area contributed by atoms with Crippen molar-refractivity contribution >= 4 is 5.91 Å². The lowest BCUT2D eigenvalue weighted by molar-refractivity contribution is 0.0734. The minimum Gasteiger partial charge on any atom is -0.507 e. The van der Waals surface area contributed by atoms with Crippen LogP contribution in [-0.4, -0.2) is 41.6 Å². The van der Waals surface area contributed by atoms with Crippen LogP contribution in [0.25, 0.3) is 0 Å². The maximum absolute atomic E-state index is 12.3. The van der Waals surface area contributed by atoms with Crippen LogP contribution in [0.3, 0.4) is 0 Å². The van der Waals surface area contributed by atoms with Crippen LogP contribution < -0.4 is 5.32 Å². The van der Waals surface area contributed by atoms with Gasteiger partial charge in [-0.15, -0.1) is 0 Å². The molecule has 3 rings (SSSR count). The van der Waals surface area contributed by atoms with E-state index in [2.05, 4.69) is 5.32 Å². The van der Waals surface area contributed by atoms with Crippen LogP contribution in [0, 0.1) is 5.92 Å². The van der Waals surface area contributed by atoms with Gasteiger partial charge in [0, 0.05) is 25.7 Å². The number of phenols is 1. The molecule has 0 aliphatic carbocycles. The van der Waals surface area contributed by atoms with E-state index in [1.54, 1.807) is 24.3 Å². The molecule has 2 aliphatic heterocycles. The number of hydrogen-bond donors (Lipinski definition) is 2. The van der Waals surface area contributed by atoms with Gasteiger partial charge in [0.25, 0.3) is 5.91 Å². The molecule has 0 aromatic heterocycles. The molecular formula is C13H16N2O2. The maximum atomic E-state index is 12.3. The van der Waals surface area contributed by atoms with Crippen LogP contribution in [-0.2, 0) is 0 Å². The smallest absolute Gasteiger partial charge is 0.257 e. The molecule has 17 heavy (non-hydrogen) atoms. The Balaban J connectivity index is 1.85. The molecule has 0 unspecified atom stereocenters. The van der Waals surface area contributed by atoms with Crippen molar-refractivity contribution in [1.82, 2.24) is 10.2 Å². The molecule has 2 atom stereocenters. The molecule has 4 nitrogen and oxygen atoms in total. The predicted octanol–water partition coefficient (Wildman–Crippen LogP) is 0.826. The quantitative estimate of drug-likeness (QED) is 0.754. The lowest BCUT2D eigenvalue weighted by Gasteiger charge is -2.23. The molecule has 2 fully saturated rings. The first-order valence-corrected chi connectivity index (χ1v) is 6.07. The van der Waals surface area contributed by atoms with E-state index in [0.717, 1.165) is 26.1 Å². The molecule has 2 saturated heterocycles. The van der Waals surface area contributed by atoms with E-state index in [1.807, 2.05) is 4.90 Å². The van der Waals surface area contributed by atoms with Gasteiger partial charge >= 0.3 is 0 Å². The molecule has 1 aromatic carbocycles. The number of nitrogens with one attached hydrogen (secondary N) is 1. The molecule has 0 spiro atoms. The number of carbonyl (C=O) groups is 1. The van der Waals surface area contributed by atoms with Crippen molar-refractivity contribution in [2.75, 3.05) is 19.6 Å². The Morgan fingerprint density at radius 2 is 2.18 bits per heavy atom. The second-order valence-electron chi connectivity index (χ2n) is 4.79. The molecule has 1 amide bonds. The molecule has 4 heteroatoms. The number of aromatic hydroxyl groups is 1. The molecule has 0 saturated carbocycles. The lowest BCUT2D eigenvalue weighted by atomic mass is 10.0. The monoisotopic (exact) mass is 232 g/mol. The predicted molar refractivity (Wildman–Crippen MR) is 63.9 cm³/mol. The highest BCUT2D eigenvalue weighted by molar-refractivity contribution is 5.97. The zero-order valence-electron chi connectivity index (χ0n) is 9.60. The van der Waals surface area contributed by atoms with Gasteiger partial charge in [-0.3, -0.25) is 4.79 Å². The summed E-state index contributed by atoms with van der Waals surface area (Å²) in [5.74, 6) is 0.621. The summed E-state index contributed by atoms with van der Waals surface area (Å²) in [7, 11) is 0. The third-order valence-corrected chi connectivity index (χ3v) is 3.84. The van der Waals surface area contributed by atoms with E-state index in [4.69, 9.17) is 0 Å². The average molecular weight is 232 g/mol. The minimum absolute atomic E-state index is 0.0423. The van der Waals surface area contributed by atoms with E-state index in [-0.39, 0.29) is 11.7 Å². The molecule has 2 N–H and O–H groups in total. The van der Waals surface area contributed by atoms with Crippen molar-refractivity contribution in [2.45, 2.75) is 12.5 Å². The Hall–Kier alpha value is -1.55. The average Bonchev–Trinajstić information content (AvgIpc) is 2.90. The van der Waals surface area contributed by atoms with Crippen LogP contribution in [0.5, 0.6) is 5.75 Å². The summed E-state index contributed by atoms with van der Waals surface area (Å²) < 4.78 is 0. The number of amides is 1. The van der Waals surface area contributed by atoms with Crippen molar-refractivity contribution in [1.29, 1.82) is 0 Å². The summed E-state index contributed by atoms with van der Waals surface area (Å²) in [6.45, 7) is 2.70. The van der Waals surface area contributed by atoms with Crippen LogP contribution in [0.4, 0.5) is 0 Å². The summed E-state index contributed by atoms with van der Waals surface area (Å²) >= 11 is 0. The number of phenolic OH excluding ortho intramolecular Hbond substituents is 1. The Morgan fingerprint density at radius 1 is 1.35 bits per heavy atom. The summed E-state index contributed by atoms with van der Waals surface area (Å²) in [4.78, 5) is 14.3. The largest absolute Gasteiger partial charge is 0.507 e. The molecule has 90 valence electrons. The van der Waals surface area contributed by atoms with E-state index < -0.39 is 0 Å². The number of carbonyl (C=O) groups excluding carboxylic acids is 1. The van der Waals surface area contributed by atoms with Gasteiger partial charge in [-0.25, -0.2) is 0 Å².